The average molecular weight is 302 g/mol. The summed E-state index contributed by atoms with van der Waals surface area (Å²) in [4.78, 5) is 26.2. The molecule has 1 saturated heterocycles. The fourth-order valence-corrected chi connectivity index (χ4v) is 4.05. The summed E-state index contributed by atoms with van der Waals surface area (Å²) in [6, 6.07) is 5.11. The molecule has 2 heterocycles. The van der Waals surface area contributed by atoms with Gasteiger partial charge in [0.15, 0.2) is 0 Å². The molecule has 4 nitrogen and oxygen atoms in total. The van der Waals surface area contributed by atoms with E-state index in [9.17, 15) is 9.59 Å². The number of carbonyl (C=O) groups is 1. The van der Waals surface area contributed by atoms with Crippen LogP contribution < -0.4 is 5.56 Å². The number of hydrogen-bond donors (Lipinski definition) is 0. The van der Waals surface area contributed by atoms with Crippen LogP contribution in [0.15, 0.2) is 29.2 Å². The summed E-state index contributed by atoms with van der Waals surface area (Å²) in [5.41, 5.74) is 0.368. The molecule has 1 spiro atoms. The maximum atomic E-state index is 12.5. The van der Waals surface area contributed by atoms with Gasteiger partial charge in [0.2, 0.25) is 5.91 Å². The molecule has 22 heavy (non-hydrogen) atoms. The molecule has 1 aliphatic heterocycles. The molecule has 1 aromatic rings. The quantitative estimate of drug-likeness (QED) is 0.861. The lowest BCUT2D eigenvalue weighted by Gasteiger charge is -2.27. The molecule has 0 bridgehead atoms. The van der Waals surface area contributed by atoms with Crippen LogP contribution in [-0.2, 0) is 11.3 Å². The van der Waals surface area contributed by atoms with Gasteiger partial charge in [0.25, 0.3) is 5.56 Å². The molecule has 4 heteroatoms. The average Bonchev–Trinajstić information content (AvgIpc) is 2.80. The van der Waals surface area contributed by atoms with E-state index in [1.807, 2.05) is 11.0 Å². The molecule has 1 saturated carbocycles. The van der Waals surface area contributed by atoms with Crippen molar-refractivity contribution in [3.8, 4) is 0 Å². The van der Waals surface area contributed by atoms with Crippen molar-refractivity contribution in [1.29, 1.82) is 0 Å². The minimum atomic E-state index is -0.0306. The lowest BCUT2D eigenvalue weighted by molar-refractivity contribution is -0.130. The molecule has 1 aliphatic carbocycles. The Kier molecular flexibility index (Phi) is 4.65. The first-order valence-electron chi connectivity index (χ1n) is 8.62. The van der Waals surface area contributed by atoms with Crippen LogP contribution in [0.25, 0.3) is 0 Å². The predicted octanol–water partition coefficient (Wildman–Crippen LogP) is 2.81. The Morgan fingerprint density at radius 2 is 1.86 bits per heavy atom. The summed E-state index contributed by atoms with van der Waals surface area (Å²) in [6.45, 7) is 2.33. The highest BCUT2D eigenvalue weighted by Crippen LogP contribution is 2.42. The largest absolute Gasteiger partial charge is 0.342 e. The van der Waals surface area contributed by atoms with E-state index in [4.69, 9.17) is 0 Å². The third kappa shape index (κ3) is 3.42. The van der Waals surface area contributed by atoms with E-state index in [2.05, 4.69) is 0 Å². The van der Waals surface area contributed by atoms with Crippen LogP contribution in [0.2, 0.25) is 0 Å². The molecular formula is C18H26N2O2. The number of carbonyl (C=O) groups excluding carboxylic acids is 1. The summed E-state index contributed by atoms with van der Waals surface area (Å²) < 4.78 is 1.62. The normalized spacial score (nSPS) is 21.0. The first kappa shape index (κ1) is 15.3. The van der Waals surface area contributed by atoms with Crippen molar-refractivity contribution in [2.24, 2.45) is 5.41 Å². The second-order valence-corrected chi connectivity index (χ2v) is 6.96. The molecule has 0 N–H and O–H groups in total. The van der Waals surface area contributed by atoms with Gasteiger partial charge in [0.05, 0.1) is 0 Å². The van der Waals surface area contributed by atoms with Gasteiger partial charge in [0.1, 0.15) is 0 Å². The van der Waals surface area contributed by atoms with Crippen LogP contribution in [0.1, 0.15) is 51.4 Å². The molecule has 2 aliphatic rings. The highest BCUT2D eigenvalue weighted by Gasteiger charge is 2.39. The van der Waals surface area contributed by atoms with Gasteiger partial charge in [-0.3, -0.25) is 9.59 Å². The number of aromatic nitrogens is 1. The van der Waals surface area contributed by atoms with Crippen molar-refractivity contribution in [1.82, 2.24) is 9.47 Å². The number of likely N-dealkylation sites (tertiary alicyclic amines) is 1. The Hall–Kier alpha value is -1.58. The van der Waals surface area contributed by atoms with Crippen molar-refractivity contribution >= 4 is 5.91 Å². The number of nitrogens with zero attached hydrogens (tertiary/aromatic N) is 2. The lowest BCUT2D eigenvalue weighted by atomic mass is 9.80. The van der Waals surface area contributed by atoms with Crippen molar-refractivity contribution in [2.75, 3.05) is 13.1 Å². The first-order chi connectivity index (χ1) is 10.7. The number of pyridine rings is 1. The Labute approximate surface area is 132 Å². The van der Waals surface area contributed by atoms with Crippen molar-refractivity contribution in [3.63, 3.8) is 0 Å². The zero-order valence-electron chi connectivity index (χ0n) is 13.3. The van der Waals surface area contributed by atoms with Crippen LogP contribution >= 0.6 is 0 Å². The summed E-state index contributed by atoms with van der Waals surface area (Å²) in [7, 11) is 0. The SMILES string of the molecule is O=C(CCn1ccccc1=O)N1CCC2(CCCCCC2)C1. The smallest absolute Gasteiger partial charge is 0.250 e. The number of rotatable bonds is 3. The minimum absolute atomic E-state index is 0.0306. The molecule has 1 amide bonds. The topological polar surface area (TPSA) is 42.3 Å². The molecule has 0 unspecified atom stereocenters. The van der Waals surface area contributed by atoms with Crippen LogP contribution in [0, 0.1) is 5.41 Å². The molecule has 0 atom stereocenters. The van der Waals surface area contributed by atoms with Crippen LogP contribution in [0.4, 0.5) is 0 Å². The molecule has 3 rings (SSSR count). The van der Waals surface area contributed by atoms with E-state index in [-0.39, 0.29) is 11.5 Å². The monoisotopic (exact) mass is 302 g/mol. The summed E-state index contributed by atoms with van der Waals surface area (Å²) >= 11 is 0. The third-order valence-electron chi connectivity index (χ3n) is 5.42. The van der Waals surface area contributed by atoms with Crippen LogP contribution in [0.3, 0.4) is 0 Å². The van der Waals surface area contributed by atoms with E-state index in [1.165, 1.54) is 44.9 Å². The van der Waals surface area contributed by atoms with Crippen molar-refractivity contribution < 1.29 is 4.79 Å². The Balaban J connectivity index is 1.55. The number of hydrogen-bond acceptors (Lipinski definition) is 2. The van der Waals surface area contributed by atoms with Gasteiger partial charge in [-0.25, -0.2) is 0 Å². The van der Waals surface area contributed by atoms with Gasteiger partial charge in [-0.1, -0.05) is 31.7 Å². The standard InChI is InChI=1S/C18H26N2O2/c21-16-7-3-6-12-19(16)13-8-17(22)20-14-11-18(15-20)9-4-1-2-5-10-18/h3,6-7,12H,1-2,4-5,8-11,13-15H2. The van der Waals surface area contributed by atoms with Crippen molar-refractivity contribution in [3.05, 3.63) is 34.7 Å². The predicted molar refractivity (Wildman–Crippen MR) is 86.7 cm³/mol. The highest BCUT2D eigenvalue weighted by molar-refractivity contribution is 5.76. The van der Waals surface area contributed by atoms with Gasteiger partial charge in [0, 0.05) is 38.3 Å². The van der Waals surface area contributed by atoms with E-state index < -0.39 is 0 Å². The Bertz CT molecular complexity index is 570. The molecule has 2 fully saturated rings. The van der Waals surface area contributed by atoms with Crippen molar-refractivity contribution in [2.45, 2.75) is 57.9 Å². The minimum Gasteiger partial charge on any atom is -0.342 e. The molecule has 1 aromatic heterocycles. The molecule has 0 radical (unpaired) electrons. The Morgan fingerprint density at radius 3 is 2.59 bits per heavy atom. The maximum absolute atomic E-state index is 12.5. The fourth-order valence-electron chi connectivity index (χ4n) is 4.05. The summed E-state index contributed by atoms with van der Waals surface area (Å²) in [6.07, 6.45) is 11.3. The maximum Gasteiger partial charge on any atom is 0.250 e. The van der Waals surface area contributed by atoms with E-state index in [1.54, 1.807) is 22.9 Å². The molecule has 120 valence electrons. The summed E-state index contributed by atoms with van der Waals surface area (Å²) in [5, 5.41) is 0. The van der Waals surface area contributed by atoms with Crippen LogP contribution in [-0.4, -0.2) is 28.5 Å². The van der Waals surface area contributed by atoms with Gasteiger partial charge >= 0.3 is 0 Å². The van der Waals surface area contributed by atoms with E-state index in [0.717, 1.165) is 13.1 Å². The van der Waals surface area contributed by atoms with Gasteiger partial charge < -0.3 is 9.47 Å². The third-order valence-corrected chi connectivity index (χ3v) is 5.42. The molecule has 0 aromatic carbocycles. The summed E-state index contributed by atoms with van der Waals surface area (Å²) in [5.74, 6) is 0.205. The van der Waals surface area contributed by atoms with Gasteiger partial charge in [-0.2, -0.15) is 0 Å². The number of amides is 1. The van der Waals surface area contributed by atoms with Gasteiger partial charge in [-0.15, -0.1) is 0 Å². The second kappa shape index (κ2) is 6.67. The zero-order valence-corrected chi connectivity index (χ0v) is 13.3. The highest BCUT2D eigenvalue weighted by atomic mass is 16.2. The number of aryl methyl sites for hydroxylation is 1. The van der Waals surface area contributed by atoms with Crippen LogP contribution in [0.5, 0.6) is 0 Å². The first-order valence-corrected chi connectivity index (χ1v) is 8.62. The second-order valence-electron chi connectivity index (χ2n) is 6.96. The van der Waals surface area contributed by atoms with Gasteiger partial charge in [-0.05, 0) is 30.7 Å². The fraction of sp³-hybridized carbons (Fsp3) is 0.667. The molecular weight excluding hydrogens is 276 g/mol. The zero-order chi connectivity index (χ0) is 15.4. The Morgan fingerprint density at radius 1 is 1.09 bits per heavy atom. The van der Waals surface area contributed by atoms with E-state index >= 15 is 0 Å². The lowest BCUT2D eigenvalue weighted by Crippen LogP contribution is -2.33. The van der Waals surface area contributed by atoms with E-state index in [0.29, 0.717) is 18.4 Å².